The van der Waals surface area contributed by atoms with E-state index in [1.54, 1.807) is 0 Å². The van der Waals surface area contributed by atoms with Crippen LogP contribution in [0.3, 0.4) is 0 Å². The zero-order valence-electron chi connectivity index (χ0n) is 11.0. The molecule has 0 amide bonds. The van der Waals surface area contributed by atoms with Crippen LogP contribution in [0.15, 0.2) is 30.3 Å². The van der Waals surface area contributed by atoms with Gasteiger partial charge in [0.1, 0.15) is 0 Å². The summed E-state index contributed by atoms with van der Waals surface area (Å²) in [7, 11) is 0. The number of ether oxygens (including phenoxy) is 2. The van der Waals surface area contributed by atoms with Crippen molar-refractivity contribution in [1.82, 2.24) is 0 Å². The first kappa shape index (κ1) is 14.5. The molecule has 5 heteroatoms. The number of esters is 1. The molecule has 0 N–H and O–H groups in total. The molecule has 1 heterocycles. The molecule has 0 saturated carbocycles. The van der Waals surface area contributed by atoms with Crippen LogP contribution in [0.4, 0.5) is 4.39 Å². The van der Waals surface area contributed by atoms with Gasteiger partial charge in [0.05, 0.1) is 0 Å². The van der Waals surface area contributed by atoms with Crippen molar-refractivity contribution in [2.75, 3.05) is 0 Å². The maximum absolute atomic E-state index is 15.1. The van der Waals surface area contributed by atoms with Crippen LogP contribution in [0.5, 0.6) is 0 Å². The van der Waals surface area contributed by atoms with E-state index in [0.29, 0.717) is 6.42 Å². The van der Waals surface area contributed by atoms with Crippen LogP contribution in [0, 0.1) is 0 Å². The Morgan fingerprint density at radius 3 is 2.79 bits per heavy atom. The third kappa shape index (κ3) is 3.56. The van der Waals surface area contributed by atoms with Crippen molar-refractivity contribution in [3.05, 3.63) is 30.3 Å². The van der Waals surface area contributed by atoms with Gasteiger partial charge >= 0.3 is 118 Å². The molecule has 1 aliphatic rings. The molecule has 1 saturated heterocycles. The summed E-state index contributed by atoms with van der Waals surface area (Å²) in [5.74, 6) is -0.507. The molecule has 1 fully saturated rings. The summed E-state index contributed by atoms with van der Waals surface area (Å²) in [5.41, 5.74) is 0. The molecule has 2 rings (SSSR count). The van der Waals surface area contributed by atoms with Crippen LogP contribution < -0.4 is 4.46 Å². The summed E-state index contributed by atoms with van der Waals surface area (Å²) < 4.78 is 25.0. The molecule has 1 aromatic rings. The van der Waals surface area contributed by atoms with Crippen LogP contribution in [0.1, 0.15) is 26.7 Å². The molecule has 104 valence electrons. The zero-order chi connectivity index (χ0) is 13.9. The zero-order valence-corrected chi connectivity index (χ0v) is 12.7. The summed E-state index contributed by atoms with van der Waals surface area (Å²) in [6.45, 7) is 3.22. The second kappa shape index (κ2) is 6.04. The van der Waals surface area contributed by atoms with Gasteiger partial charge < -0.3 is 0 Å². The Kier molecular flexibility index (Phi) is 4.61. The minimum atomic E-state index is -1.58. The predicted octanol–water partition coefficient (Wildman–Crippen LogP) is 1.77. The molecule has 1 unspecified atom stereocenters. The topological polar surface area (TPSA) is 35.5 Å². The number of hydrogen-bond acceptors (Lipinski definition) is 3. The van der Waals surface area contributed by atoms with Crippen molar-refractivity contribution in [1.29, 1.82) is 0 Å². The number of halogens is 1. The molecule has 0 aliphatic carbocycles. The van der Waals surface area contributed by atoms with E-state index in [4.69, 9.17) is 9.47 Å². The Morgan fingerprint density at radius 2 is 2.21 bits per heavy atom. The maximum atomic E-state index is 15.1. The monoisotopic (exact) mass is 332 g/mol. The van der Waals surface area contributed by atoms with Crippen molar-refractivity contribution in [2.24, 2.45) is 0 Å². The van der Waals surface area contributed by atoms with Gasteiger partial charge in [0.15, 0.2) is 0 Å². The predicted molar refractivity (Wildman–Crippen MR) is 71.0 cm³/mol. The molecule has 0 aromatic heterocycles. The third-order valence-corrected chi connectivity index (χ3v) is 5.46. The van der Waals surface area contributed by atoms with Crippen LogP contribution in [0.2, 0.25) is 0 Å². The standard InChI is InChI=1S/C14H17FO3Se/c1-3-11-9-14(15,13(18-11)17-10(2)16)19-12-7-5-4-6-8-12/h4-8,11,13H,3,9H2,1-2H3/t11-,13?,14-/m1/s1. The molecule has 1 aliphatic heterocycles. The van der Waals surface area contributed by atoms with Gasteiger partial charge in [-0.25, -0.2) is 0 Å². The second-order valence-electron chi connectivity index (χ2n) is 4.51. The fraction of sp³-hybridized carbons (Fsp3) is 0.500. The molecule has 19 heavy (non-hydrogen) atoms. The van der Waals surface area contributed by atoms with Gasteiger partial charge in [-0.1, -0.05) is 0 Å². The van der Waals surface area contributed by atoms with E-state index < -0.39 is 31.8 Å². The third-order valence-electron chi connectivity index (χ3n) is 2.93. The average Bonchev–Trinajstić information content (AvgIpc) is 2.66. The van der Waals surface area contributed by atoms with E-state index in [1.807, 2.05) is 37.3 Å². The SMILES string of the molecule is CC[C@@H]1C[C@@](F)([Se]c2ccccc2)C(OC(C)=O)O1. The molecule has 3 atom stereocenters. The fourth-order valence-corrected chi connectivity index (χ4v) is 4.43. The number of alkyl halides is 1. The molecule has 3 nitrogen and oxygen atoms in total. The van der Waals surface area contributed by atoms with Gasteiger partial charge in [-0.3, -0.25) is 0 Å². The average molecular weight is 331 g/mol. The van der Waals surface area contributed by atoms with Crippen LogP contribution in [-0.4, -0.2) is 37.9 Å². The van der Waals surface area contributed by atoms with Crippen LogP contribution in [0.25, 0.3) is 0 Å². The molecular weight excluding hydrogens is 314 g/mol. The molecule has 0 bridgehead atoms. The summed E-state index contributed by atoms with van der Waals surface area (Å²) in [5, 5.41) is 0. The Bertz CT molecular complexity index is 440. The van der Waals surface area contributed by atoms with Gasteiger partial charge in [-0.15, -0.1) is 0 Å². The van der Waals surface area contributed by atoms with Crippen LogP contribution in [-0.2, 0) is 14.3 Å². The first-order valence-corrected chi connectivity index (χ1v) is 8.00. The Balaban J connectivity index is 2.15. The van der Waals surface area contributed by atoms with Crippen molar-refractivity contribution in [3.63, 3.8) is 0 Å². The van der Waals surface area contributed by atoms with E-state index in [0.717, 1.165) is 4.46 Å². The van der Waals surface area contributed by atoms with E-state index >= 15 is 4.39 Å². The molecular formula is C14H17FO3Se. The quantitative estimate of drug-likeness (QED) is 0.623. The van der Waals surface area contributed by atoms with E-state index in [9.17, 15) is 4.79 Å². The van der Waals surface area contributed by atoms with Crippen LogP contribution >= 0.6 is 0 Å². The molecule has 0 spiro atoms. The van der Waals surface area contributed by atoms with E-state index in [2.05, 4.69) is 0 Å². The summed E-state index contributed by atoms with van der Waals surface area (Å²) >= 11 is -0.446. The first-order valence-electron chi connectivity index (χ1n) is 6.29. The van der Waals surface area contributed by atoms with Gasteiger partial charge in [-0.05, 0) is 0 Å². The number of benzene rings is 1. The Labute approximate surface area is 118 Å². The second-order valence-corrected chi connectivity index (χ2v) is 7.35. The van der Waals surface area contributed by atoms with Gasteiger partial charge in [-0.2, -0.15) is 0 Å². The Morgan fingerprint density at radius 1 is 1.53 bits per heavy atom. The van der Waals surface area contributed by atoms with E-state index in [-0.39, 0.29) is 12.5 Å². The number of carbonyl (C=O) groups is 1. The van der Waals surface area contributed by atoms with Gasteiger partial charge in [0, 0.05) is 0 Å². The van der Waals surface area contributed by atoms with Crippen molar-refractivity contribution in [3.8, 4) is 0 Å². The normalized spacial score (nSPS) is 30.3. The first-order chi connectivity index (χ1) is 9.03. The molecule has 0 radical (unpaired) electrons. The molecule has 1 aromatic carbocycles. The summed E-state index contributed by atoms with van der Waals surface area (Å²) in [6, 6.07) is 9.45. The van der Waals surface area contributed by atoms with Crippen molar-refractivity contribution in [2.45, 2.75) is 43.7 Å². The summed E-state index contributed by atoms with van der Waals surface area (Å²) in [4.78, 5) is 11.1. The number of hydrogen-bond donors (Lipinski definition) is 0. The van der Waals surface area contributed by atoms with Crippen molar-refractivity contribution >= 4 is 25.4 Å². The van der Waals surface area contributed by atoms with E-state index in [1.165, 1.54) is 6.92 Å². The fourth-order valence-electron chi connectivity index (χ4n) is 2.01. The number of rotatable bonds is 4. The van der Waals surface area contributed by atoms with Gasteiger partial charge in [0.2, 0.25) is 0 Å². The minimum absolute atomic E-state index is 0.181. The van der Waals surface area contributed by atoms with Gasteiger partial charge in [0.25, 0.3) is 0 Å². The number of carbonyl (C=O) groups excluding carboxylic acids is 1. The summed E-state index contributed by atoms with van der Waals surface area (Å²) in [6.07, 6.45) is -0.250. The van der Waals surface area contributed by atoms with Crippen molar-refractivity contribution < 1.29 is 18.7 Å². The Hall–Kier alpha value is -0.901.